The fraction of sp³-hybridized carbons (Fsp3) is 0.200. The van der Waals surface area contributed by atoms with Crippen molar-refractivity contribution in [1.82, 2.24) is 5.32 Å². The number of para-hydroxylation sites is 1. The highest BCUT2D eigenvalue weighted by Gasteiger charge is 1.99. The minimum absolute atomic E-state index is 0.201. The lowest BCUT2D eigenvalue weighted by Gasteiger charge is -2.06. The molecule has 2 N–H and O–H groups in total. The average Bonchev–Trinajstić information content (AvgIpc) is 2.37. The Morgan fingerprint density at radius 2 is 1.89 bits per heavy atom. The van der Waals surface area contributed by atoms with Gasteiger partial charge in [0.1, 0.15) is 11.6 Å². The summed E-state index contributed by atoms with van der Waals surface area (Å²) in [6, 6.07) is 13.8. The Kier molecular flexibility index (Phi) is 4.31. The Hall–Kier alpha value is -1.87. The third kappa shape index (κ3) is 3.57. The number of aromatic hydroxyl groups is 1. The summed E-state index contributed by atoms with van der Waals surface area (Å²) in [6.45, 7) is 1.36. The Morgan fingerprint density at radius 1 is 1.06 bits per heavy atom. The molecule has 94 valence electrons. The molecule has 0 spiro atoms. The van der Waals surface area contributed by atoms with Gasteiger partial charge in [0.25, 0.3) is 0 Å². The number of rotatable bonds is 5. The summed E-state index contributed by atoms with van der Waals surface area (Å²) in [7, 11) is 0. The molecule has 0 saturated heterocycles. The zero-order valence-electron chi connectivity index (χ0n) is 10.1. The van der Waals surface area contributed by atoms with Crippen molar-refractivity contribution in [3.8, 4) is 5.75 Å². The average molecular weight is 245 g/mol. The van der Waals surface area contributed by atoms with E-state index in [0.717, 1.165) is 24.1 Å². The normalized spacial score (nSPS) is 10.5. The first-order valence-corrected chi connectivity index (χ1v) is 5.98. The van der Waals surface area contributed by atoms with Crippen molar-refractivity contribution in [3.63, 3.8) is 0 Å². The second kappa shape index (κ2) is 6.17. The molecule has 0 amide bonds. The molecule has 0 heterocycles. The van der Waals surface area contributed by atoms with Gasteiger partial charge < -0.3 is 10.4 Å². The summed E-state index contributed by atoms with van der Waals surface area (Å²) in [4.78, 5) is 0. The molecule has 0 aliphatic rings. The number of halogens is 1. The highest BCUT2D eigenvalue weighted by molar-refractivity contribution is 5.31. The van der Waals surface area contributed by atoms with Gasteiger partial charge in [-0.25, -0.2) is 4.39 Å². The molecule has 2 aromatic carbocycles. The van der Waals surface area contributed by atoms with Crippen LogP contribution in [-0.2, 0) is 13.0 Å². The maximum atomic E-state index is 12.9. The summed E-state index contributed by atoms with van der Waals surface area (Å²) >= 11 is 0. The van der Waals surface area contributed by atoms with Gasteiger partial charge in [-0.2, -0.15) is 0 Å². The molecule has 2 aromatic rings. The third-order valence-corrected chi connectivity index (χ3v) is 2.79. The van der Waals surface area contributed by atoms with Gasteiger partial charge in [0.2, 0.25) is 0 Å². The van der Waals surface area contributed by atoms with Crippen molar-refractivity contribution in [3.05, 3.63) is 65.5 Å². The summed E-state index contributed by atoms with van der Waals surface area (Å²) in [5.41, 5.74) is 1.84. The molecule has 0 unspecified atom stereocenters. The predicted molar refractivity (Wildman–Crippen MR) is 69.9 cm³/mol. The summed E-state index contributed by atoms with van der Waals surface area (Å²) in [5.74, 6) is 0.101. The molecule has 2 nitrogen and oxygen atoms in total. The van der Waals surface area contributed by atoms with E-state index in [1.807, 2.05) is 18.2 Å². The van der Waals surface area contributed by atoms with Crippen LogP contribution in [0, 0.1) is 5.82 Å². The number of phenols is 1. The van der Waals surface area contributed by atoms with Crippen molar-refractivity contribution >= 4 is 0 Å². The summed E-state index contributed by atoms with van der Waals surface area (Å²) < 4.78 is 12.9. The fourth-order valence-electron chi connectivity index (χ4n) is 1.81. The van der Waals surface area contributed by atoms with Crippen LogP contribution >= 0.6 is 0 Å². The molecule has 2 rings (SSSR count). The standard InChI is InChI=1S/C15H16FNO/c16-14-6-3-4-12(10-14)8-9-17-11-13-5-1-2-7-15(13)18/h1-7,10,17-18H,8-9,11H2. The van der Waals surface area contributed by atoms with Crippen molar-refractivity contribution in [2.24, 2.45) is 0 Å². The summed E-state index contributed by atoms with van der Waals surface area (Å²) in [5, 5.41) is 12.8. The Balaban J connectivity index is 1.78. The lowest BCUT2D eigenvalue weighted by atomic mass is 10.1. The van der Waals surface area contributed by atoms with Gasteiger partial charge >= 0.3 is 0 Å². The van der Waals surface area contributed by atoms with Gasteiger partial charge in [-0.1, -0.05) is 30.3 Å². The van der Waals surface area contributed by atoms with Crippen LogP contribution in [0.15, 0.2) is 48.5 Å². The molecule has 0 aliphatic heterocycles. The first-order chi connectivity index (χ1) is 8.75. The quantitative estimate of drug-likeness (QED) is 0.794. The van der Waals surface area contributed by atoms with Crippen molar-refractivity contribution in [1.29, 1.82) is 0 Å². The summed E-state index contributed by atoms with van der Waals surface area (Å²) in [6.07, 6.45) is 0.769. The lowest BCUT2D eigenvalue weighted by molar-refractivity contribution is 0.464. The molecule has 0 radical (unpaired) electrons. The molecular weight excluding hydrogens is 229 g/mol. The second-order valence-electron chi connectivity index (χ2n) is 4.19. The maximum Gasteiger partial charge on any atom is 0.123 e. The van der Waals surface area contributed by atoms with Gasteiger partial charge in [-0.05, 0) is 36.7 Å². The third-order valence-electron chi connectivity index (χ3n) is 2.79. The number of benzene rings is 2. The first kappa shape index (κ1) is 12.6. The molecule has 0 bridgehead atoms. The zero-order chi connectivity index (χ0) is 12.8. The lowest BCUT2D eigenvalue weighted by Crippen LogP contribution is -2.16. The van der Waals surface area contributed by atoms with E-state index in [2.05, 4.69) is 5.32 Å². The van der Waals surface area contributed by atoms with Gasteiger partial charge in [0.05, 0.1) is 0 Å². The molecule has 0 fully saturated rings. The molecule has 0 atom stereocenters. The second-order valence-corrected chi connectivity index (χ2v) is 4.19. The molecule has 0 aromatic heterocycles. The molecule has 3 heteroatoms. The predicted octanol–water partition coefficient (Wildman–Crippen LogP) is 2.86. The first-order valence-electron chi connectivity index (χ1n) is 5.98. The van der Waals surface area contributed by atoms with E-state index in [1.165, 1.54) is 6.07 Å². The van der Waals surface area contributed by atoms with Gasteiger partial charge in [-0.15, -0.1) is 0 Å². The van der Waals surface area contributed by atoms with E-state index in [1.54, 1.807) is 24.3 Å². The van der Waals surface area contributed by atoms with Crippen LogP contribution in [0.5, 0.6) is 5.75 Å². The van der Waals surface area contributed by atoms with Crippen LogP contribution in [0.2, 0.25) is 0 Å². The zero-order valence-corrected chi connectivity index (χ0v) is 10.1. The van der Waals surface area contributed by atoms with Crippen LogP contribution in [0.4, 0.5) is 4.39 Å². The Labute approximate surface area is 106 Å². The van der Waals surface area contributed by atoms with E-state index in [4.69, 9.17) is 0 Å². The highest BCUT2D eigenvalue weighted by Crippen LogP contribution is 2.14. The van der Waals surface area contributed by atoms with Crippen LogP contribution in [-0.4, -0.2) is 11.7 Å². The van der Waals surface area contributed by atoms with Crippen LogP contribution in [0.3, 0.4) is 0 Å². The Bertz CT molecular complexity index is 513. The molecular formula is C15H16FNO. The van der Waals surface area contributed by atoms with Crippen molar-refractivity contribution < 1.29 is 9.50 Å². The van der Waals surface area contributed by atoms with Gasteiger partial charge in [0.15, 0.2) is 0 Å². The number of nitrogens with one attached hydrogen (secondary N) is 1. The number of phenolic OH excluding ortho intramolecular Hbond substituents is 1. The smallest absolute Gasteiger partial charge is 0.123 e. The van der Waals surface area contributed by atoms with Crippen molar-refractivity contribution in [2.75, 3.05) is 6.54 Å². The molecule has 0 saturated carbocycles. The fourth-order valence-corrected chi connectivity index (χ4v) is 1.81. The van der Waals surface area contributed by atoms with Crippen LogP contribution in [0.1, 0.15) is 11.1 Å². The monoisotopic (exact) mass is 245 g/mol. The SMILES string of the molecule is Oc1ccccc1CNCCc1cccc(F)c1. The number of hydrogen-bond donors (Lipinski definition) is 2. The largest absolute Gasteiger partial charge is 0.508 e. The maximum absolute atomic E-state index is 12.9. The Morgan fingerprint density at radius 3 is 2.67 bits per heavy atom. The van der Waals surface area contributed by atoms with E-state index < -0.39 is 0 Å². The van der Waals surface area contributed by atoms with Crippen molar-refractivity contribution in [2.45, 2.75) is 13.0 Å². The topological polar surface area (TPSA) is 32.3 Å². The highest BCUT2D eigenvalue weighted by atomic mass is 19.1. The van der Waals surface area contributed by atoms with Crippen LogP contribution in [0.25, 0.3) is 0 Å². The van der Waals surface area contributed by atoms with E-state index in [0.29, 0.717) is 12.3 Å². The molecule has 0 aliphatic carbocycles. The minimum atomic E-state index is -0.201. The van der Waals surface area contributed by atoms with E-state index >= 15 is 0 Å². The van der Waals surface area contributed by atoms with Gasteiger partial charge in [-0.3, -0.25) is 0 Å². The minimum Gasteiger partial charge on any atom is -0.508 e. The van der Waals surface area contributed by atoms with E-state index in [9.17, 15) is 9.50 Å². The van der Waals surface area contributed by atoms with Crippen LogP contribution < -0.4 is 5.32 Å². The number of hydrogen-bond acceptors (Lipinski definition) is 2. The van der Waals surface area contributed by atoms with Gasteiger partial charge in [0, 0.05) is 12.1 Å². The van der Waals surface area contributed by atoms with E-state index in [-0.39, 0.29) is 5.82 Å². The molecule has 18 heavy (non-hydrogen) atoms.